The fourth-order valence-corrected chi connectivity index (χ4v) is 3.43. The Hall–Kier alpha value is -3.58. The van der Waals surface area contributed by atoms with Gasteiger partial charge in [-0.2, -0.15) is 0 Å². The van der Waals surface area contributed by atoms with E-state index in [1.807, 2.05) is 50.2 Å². The maximum Gasteiger partial charge on any atom is 0.255 e. The first-order valence-electron chi connectivity index (χ1n) is 11.0. The molecule has 33 heavy (non-hydrogen) atoms. The predicted molar refractivity (Wildman–Crippen MR) is 138 cm³/mol. The lowest BCUT2D eigenvalue weighted by Crippen LogP contribution is -2.30. The maximum absolute atomic E-state index is 12.7. The van der Waals surface area contributed by atoms with Crippen molar-refractivity contribution in [3.05, 3.63) is 83.9 Å². The molecule has 3 aromatic rings. The molecule has 1 amide bonds. The summed E-state index contributed by atoms with van der Waals surface area (Å²) >= 11 is 5.48. The lowest BCUT2D eigenvalue weighted by molar-refractivity contribution is 0.102. The van der Waals surface area contributed by atoms with E-state index in [1.165, 1.54) is 5.56 Å². The highest BCUT2D eigenvalue weighted by molar-refractivity contribution is 7.80. The van der Waals surface area contributed by atoms with Crippen LogP contribution in [0.1, 0.15) is 29.8 Å². The molecule has 3 N–H and O–H groups in total. The van der Waals surface area contributed by atoms with E-state index >= 15 is 0 Å². The monoisotopic (exact) mass is 463 g/mol. The lowest BCUT2D eigenvalue weighted by atomic mass is 10.1. The number of hydrogen-bond donors (Lipinski definition) is 3. The van der Waals surface area contributed by atoms with Crippen LogP contribution >= 0.6 is 12.2 Å². The molecule has 0 radical (unpaired) electrons. The zero-order chi connectivity index (χ0) is 23.5. The fraction of sp³-hybridized carbons (Fsp3) is 0.231. The topological polar surface area (TPSA) is 71.6 Å². The summed E-state index contributed by atoms with van der Waals surface area (Å²) in [7, 11) is 0. The number of rotatable bonds is 10. The van der Waals surface area contributed by atoms with Crippen molar-refractivity contribution in [3.63, 3.8) is 0 Å². The molecule has 3 rings (SSSR count). The second-order valence-electron chi connectivity index (χ2n) is 7.15. The summed E-state index contributed by atoms with van der Waals surface area (Å²) in [6, 6.07) is 22.8. The molecule has 0 aromatic heterocycles. The Bertz CT molecular complexity index is 1060. The van der Waals surface area contributed by atoms with Crippen molar-refractivity contribution in [2.75, 3.05) is 30.4 Å². The molecule has 172 valence electrons. The molecule has 0 saturated heterocycles. The van der Waals surface area contributed by atoms with Gasteiger partial charge < -0.3 is 25.4 Å². The van der Waals surface area contributed by atoms with Crippen molar-refractivity contribution in [3.8, 4) is 11.5 Å². The van der Waals surface area contributed by atoms with Crippen LogP contribution in [0.3, 0.4) is 0 Å². The van der Waals surface area contributed by atoms with E-state index in [9.17, 15) is 4.79 Å². The van der Waals surface area contributed by atoms with Gasteiger partial charge in [0.15, 0.2) is 5.11 Å². The highest BCUT2D eigenvalue weighted by Gasteiger charge is 2.16. The number of amides is 1. The Morgan fingerprint density at radius 1 is 0.818 bits per heavy atom. The lowest BCUT2D eigenvalue weighted by Gasteiger charge is -2.19. The number of thiocarbonyl (C=S) groups is 1. The van der Waals surface area contributed by atoms with Crippen LogP contribution in [0, 0.1) is 0 Å². The molecule has 0 atom stereocenters. The second-order valence-corrected chi connectivity index (χ2v) is 7.56. The molecule has 6 nitrogen and oxygen atoms in total. The van der Waals surface area contributed by atoms with Crippen LogP contribution in [-0.4, -0.2) is 30.8 Å². The van der Waals surface area contributed by atoms with E-state index in [4.69, 9.17) is 21.7 Å². The van der Waals surface area contributed by atoms with Gasteiger partial charge in [-0.1, -0.05) is 48.5 Å². The number of carbonyl (C=O) groups excluding carboxylic acids is 1. The van der Waals surface area contributed by atoms with Crippen LogP contribution in [-0.2, 0) is 6.42 Å². The highest BCUT2D eigenvalue weighted by atomic mass is 32.1. The Morgan fingerprint density at radius 2 is 1.36 bits per heavy atom. The first kappa shape index (κ1) is 24.1. The maximum atomic E-state index is 12.7. The summed E-state index contributed by atoms with van der Waals surface area (Å²) in [6.07, 6.45) is 0.857. The van der Waals surface area contributed by atoms with E-state index in [0.29, 0.717) is 53.3 Å². The molecule has 0 unspecified atom stereocenters. The number of ether oxygens (including phenoxy) is 2. The van der Waals surface area contributed by atoms with Crippen molar-refractivity contribution in [2.24, 2.45) is 0 Å². The average Bonchev–Trinajstić information content (AvgIpc) is 2.83. The van der Waals surface area contributed by atoms with Crippen molar-refractivity contribution in [2.45, 2.75) is 20.3 Å². The zero-order valence-corrected chi connectivity index (χ0v) is 19.7. The van der Waals surface area contributed by atoms with Gasteiger partial charge in [0.05, 0.1) is 24.6 Å². The van der Waals surface area contributed by atoms with Crippen molar-refractivity contribution in [1.29, 1.82) is 0 Å². The number of benzene rings is 3. The molecule has 0 heterocycles. The van der Waals surface area contributed by atoms with Crippen LogP contribution in [0.25, 0.3) is 0 Å². The minimum atomic E-state index is -0.224. The Kier molecular flexibility index (Phi) is 9.08. The average molecular weight is 464 g/mol. The van der Waals surface area contributed by atoms with Gasteiger partial charge in [-0.25, -0.2) is 0 Å². The van der Waals surface area contributed by atoms with Gasteiger partial charge in [0.25, 0.3) is 5.91 Å². The SMILES string of the molecule is CCOc1cc(NC(=S)NCCc2ccccc2)c(OCC)cc1NC(=O)c1ccccc1. The Labute approximate surface area is 200 Å². The Balaban J connectivity index is 1.74. The molecular weight excluding hydrogens is 434 g/mol. The third-order valence-corrected chi connectivity index (χ3v) is 5.00. The molecule has 0 aliphatic carbocycles. The third kappa shape index (κ3) is 7.22. The van der Waals surface area contributed by atoms with Gasteiger partial charge in [0.2, 0.25) is 0 Å². The van der Waals surface area contributed by atoms with E-state index < -0.39 is 0 Å². The second kappa shape index (κ2) is 12.5. The van der Waals surface area contributed by atoms with Gasteiger partial charge in [-0.15, -0.1) is 0 Å². The van der Waals surface area contributed by atoms with Gasteiger partial charge in [0, 0.05) is 24.2 Å². The molecule has 3 aromatic carbocycles. The Morgan fingerprint density at radius 3 is 1.94 bits per heavy atom. The van der Waals surface area contributed by atoms with Crippen LogP contribution in [0.2, 0.25) is 0 Å². The molecule has 7 heteroatoms. The molecule has 0 aliphatic rings. The van der Waals surface area contributed by atoms with E-state index in [-0.39, 0.29) is 5.91 Å². The van der Waals surface area contributed by atoms with Crippen LogP contribution in [0.5, 0.6) is 11.5 Å². The van der Waals surface area contributed by atoms with Crippen molar-refractivity contribution in [1.82, 2.24) is 5.32 Å². The standard InChI is InChI=1S/C26H29N3O3S/c1-3-31-23-18-22(29-26(33)27-16-15-19-11-7-5-8-12-19)24(32-4-2)17-21(23)28-25(30)20-13-9-6-10-14-20/h5-14,17-18H,3-4,15-16H2,1-2H3,(H,28,30)(H2,27,29,33). The normalized spacial score (nSPS) is 10.2. The molecule has 0 spiro atoms. The van der Waals surface area contributed by atoms with Crippen LogP contribution in [0.4, 0.5) is 11.4 Å². The predicted octanol–water partition coefficient (Wildman–Crippen LogP) is 5.27. The summed E-state index contributed by atoms with van der Waals surface area (Å²) in [5.74, 6) is 0.870. The van der Waals surface area contributed by atoms with E-state index in [2.05, 4.69) is 28.1 Å². The van der Waals surface area contributed by atoms with Crippen molar-refractivity contribution >= 4 is 34.6 Å². The summed E-state index contributed by atoms with van der Waals surface area (Å²) in [6.45, 7) is 5.40. The fourth-order valence-electron chi connectivity index (χ4n) is 3.22. The highest BCUT2D eigenvalue weighted by Crippen LogP contribution is 2.37. The van der Waals surface area contributed by atoms with Gasteiger partial charge in [-0.05, 0) is 50.2 Å². The first-order chi connectivity index (χ1) is 16.1. The number of carbonyl (C=O) groups is 1. The van der Waals surface area contributed by atoms with Gasteiger partial charge in [0.1, 0.15) is 11.5 Å². The minimum Gasteiger partial charge on any atom is -0.492 e. The quantitative estimate of drug-likeness (QED) is 0.356. The smallest absolute Gasteiger partial charge is 0.255 e. The van der Waals surface area contributed by atoms with Crippen LogP contribution in [0.15, 0.2) is 72.8 Å². The largest absolute Gasteiger partial charge is 0.492 e. The molecule has 0 bridgehead atoms. The van der Waals surface area contributed by atoms with E-state index in [0.717, 1.165) is 6.42 Å². The molecular formula is C26H29N3O3S. The summed E-state index contributed by atoms with van der Waals surface area (Å²) < 4.78 is 11.6. The van der Waals surface area contributed by atoms with Crippen LogP contribution < -0.4 is 25.4 Å². The minimum absolute atomic E-state index is 0.224. The summed E-state index contributed by atoms with van der Waals surface area (Å²) in [4.78, 5) is 12.7. The molecule has 0 saturated carbocycles. The van der Waals surface area contributed by atoms with Crippen molar-refractivity contribution < 1.29 is 14.3 Å². The van der Waals surface area contributed by atoms with Gasteiger partial charge in [-0.3, -0.25) is 4.79 Å². The number of anilines is 2. The first-order valence-corrected chi connectivity index (χ1v) is 11.4. The summed E-state index contributed by atoms with van der Waals surface area (Å²) in [5.41, 5.74) is 2.99. The third-order valence-electron chi connectivity index (χ3n) is 4.76. The molecule has 0 aliphatic heterocycles. The van der Waals surface area contributed by atoms with E-state index in [1.54, 1.807) is 24.3 Å². The number of nitrogens with one attached hydrogen (secondary N) is 3. The molecule has 0 fully saturated rings. The zero-order valence-electron chi connectivity index (χ0n) is 18.9. The number of hydrogen-bond acceptors (Lipinski definition) is 4. The van der Waals surface area contributed by atoms with Gasteiger partial charge >= 0.3 is 0 Å². The summed E-state index contributed by atoms with van der Waals surface area (Å²) in [5, 5.41) is 9.82.